The van der Waals surface area contributed by atoms with Gasteiger partial charge < -0.3 is 0 Å². The molecule has 1 N–H and O–H groups in total. The summed E-state index contributed by atoms with van der Waals surface area (Å²) in [5.74, 6) is 0. The highest BCUT2D eigenvalue weighted by molar-refractivity contribution is 5.15. The number of hydrogen-bond acceptors (Lipinski definition) is 2. The number of nitrogens with zero attached hydrogens (tertiary/aromatic N) is 2. The summed E-state index contributed by atoms with van der Waals surface area (Å²) in [5, 5.41) is 10.7. The smallest absolute Gasteiger partial charge is 0.0853 e. The van der Waals surface area contributed by atoms with Crippen molar-refractivity contribution in [2.45, 2.75) is 26.2 Å². The van der Waals surface area contributed by atoms with Gasteiger partial charge in [-0.2, -0.15) is 0 Å². The van der Waals surface area contributed by atoms with E-state index in [1.165, 1.54) is 5.56 Å². The van der Waals surface area contributed by atoms with Gasteiger partial charge in [0.25, 0.3) is 0 Å². The first-order valence-corrected chi connectivity index (χ1v) is 5.27. The Morgan fingerprint density at radius 2 is 1.93 bits per heavy atom. The van der Waals surface area contributed by atoms with E-state index in [0.29, 0.717) is 0 Å². The van der Waals surface area contributed by atoms with Gasteiger partial charge in [0.1, 0.15) is 0 Å². The van der Waals surface area contributed by atoms with E-state index in [9.17, 15) is 0 Å². The molecule has 0 aliphatic rings. The van der Waals surface area contributed by atoms with E-state index < -0.39 is 0 Å². The molecular formula is C12H15N3. The fourth-order valence-electron chi connectivity index (χ4n) is 1.64. The summed E-state index contributed by atoms with van der Waals surface area (Å²) in [6, 6.07) is 10.5. The van der Waals surface area contributed by atoms with E-state index >= 15 is 0 Å². The Morgan fingerprint density at radius 1 is 1.13 bits per heavy atom. The molecule has 2 rings (SSSR count). The van der Waals surface area contributed by atoms with Crippen LogP contribution in [-0.2, 0) is 12.8 Å². The molecule has 1 heterocycles. The predicted octanol–water partition coefficient (Wildman–Crippen LogP) is 2.29. The highest BCUT2D eigenvalue weighted by atomic mass is 15.3. The van der Waals surface area contributed by atoms with Crippen LogP contribution < -0.4 is 0 Å². The van der Waals surface area contributed by atoms with Gasteiger partial charge in [0.15, 0.2) is 0 Å². The monoisotopic (exact) mass is 201 g/mol. The summed E-state index contributed by atoms with van der Waals surface area (Å²) in [6.45, 7) is 2.01. The zero-order chi connectivity index (χ0) is 10.5. The number of aryl methyl sites for hydroxylation is 3. The SMILES string of the molecule is Cc1[nH]nnc1CCCc1ccccc1. The number of nitrogens with one attached hydrogen (secondary N) is 1. The first-order valence-electron chi connectivity index (χ1n) is 5.27. The van der Waals surface area contributed by atoms with E-state index in [1.54, 1.807) is 0 Å². The lowest BCUT2D eigenvalue weighted by Crippen LogP contribution is -1.92. The van der Waals surface area contributed by atoms with Gasteiger partial charge in [0, 0.05) is 0 Å². The summed E-state index contributed by atoms with van der Waals surface area (Å²) < 4.78 is 0. The van der Waals surface area contributed by atoms with Gasteiger partial charge in [0.05, 0.1) is 11.4 Å². The summed E-state index contributed by atoms with van der Waals surface area (Å²) >= 11 is 0. The third-order valence-electron chi connectivity index (χ3n) is 2.54. The van der Waals surface area contributed by atoms with Crippen LogP contribution in [0.25, 0.3) is 0 Å². The van der Waals surface area contributed by atoms with Gasteiger partial charge >= 0.3 is 0 Å². The van der Waals surface area contributed by atoms with Gasteiger partial charge in [-0.05, 0) is 31.7 Å². The van der Waals surface area contributed by atoms with E-state index in [-0.39, 0.29) is 0 Å². The fourth-order valence-corrected chi connectivity index (χ4v) is 1.64. The van der Waals surface area contributed by atoms with Gasteiger partial charge in [-0.3, -0.25) is 5.10 Å². The normalized spacial score (nSPS) is 10.5. The van der Waals surface area contributed by atoms with Crippen LogP contribution in [0.3, 0.4) is 0 Å². The zero-order valence-corrected chi connectivity index (χ0v) is 8.90. The van der Waals surface area contributed by atoms with E-state index in [1.807, 2.05) is 13.0 Å². The molecule has 2 aromatic rings. The molecule has 0 saturated heterocycles. The number of H-pyrrole nitrogens is 1. The third-order valence-corrected chi connectivity index (χ3v) is 2.54. The molecule has 0 unspecified atom stereocenters. The lowest BCUT2D eigenvalue weighted by molar-refractivity contribution is 0.788. The average Bonchev–Trinajstić information content (AvgIpc) is 2.66. The molecule has 0 aliphatic heterocycles. The maximum Gasteiger partial charge on any atom is 0.0853 e. The number of aromatic amines is 1. The average molecular weight is 201 g/mol. The van der Waals surface area contributed by atoms with Crippen molar-refractivity contribution in [3.63, 3.8) is 0 Å². The largest absolute Gasteiger partial charge is 0.262 e. The van der Waals surface area contributed by atoms with Crippen molar-refractivity contribution in [2.75, 3.05) is 0 Å². The Hall–Kier alpha value is -1.64. The van der Waals surface area contributed by atoms with Crippen LogP contribution in [0.1, 0.15) is 23.4 Å². The first kappa shape index (κ1) is 9.90. The fraction of sp³-hybridized carbons (Fsp3) is 0.333. The minimum Gasteiger partial charge on any atom is -0.262 e. The molecular weight excluding hydrogens is 186 g/mol. The van der Waals surface area contributed by atoms with Crippen LogP contribution in [0.2, 0.25) is 0 Å². The Morgan fingerprint density at radius 3 is 2.60 bits per heavy atom. The number of aromatic nitrogens is 3. The van der Waals surface area contributed by atoms with Crippen molar-refractivity contribution >= 4 is 0 Å². The van der Waals surface area contributed by atoms with Crippen molar-refractivity contribution in [3.05, 3.63) is 47.3 Å². The zero-order valence-electron chi connectivity index (χ0n) is 8.90. The van der Waals surface area contributed by atoms with Crippen LogP contribution in [-0.4, -0.2) is 15.4 Å². The van der Waals surface area contributed by atoms with Gasteiger partial charge in [-0.1, -0.05) is 35.5 Å². The van der Waals surface area contributed by atoms with Crippen LogP contribution in [0.5, 0.6) is 0 Å². The molecule has 0 aliphatic carbocycles. The maximum atomic E-state index is 4.04. The maximum absolute atomic E-state index is 4.04. The van der Waals surface area contributed by atoms with Crippen molar-refractivity contribution in [1.29, 1.82) is 0 Å². The molecule has 0 bridgehead atoms. The summed E-state index contributed by atoms with van der Waals surface area (Å²) in [4.78, 5) is 0. The standard InChI is InChI=1S/C12H15N3/c1-10-12(14-15-13-10)9-5-8-11-6-3-2-4-7-11/h2-4,6-7H,5,8-9H2,1H3,(H,13,14,15). The molecule has 0 radical (unpaired) electrons. The molecule has 0 fully saturated rings. The second-order valence-corrected chi connectivity index (χ2v) is 3.72. The molecule has 0 spiro atoms. The quantitative estimate of drug-likeness (QED) is 0.824. The minimum atomic E-state index is 0.997. The Bertz CT molecular complexity index is 406. The van der Waals surface area contributed by atoms with Crippen LogP contribution >= 0.6 is 0 Å². The highest BCUT2D eigenvalue weighted by Gasteiger charge is 2.01. The Balaban J connectivity index is 1.83. The Labute approximate surface area is 89.5 Å². The van der Waals surface area contributed by atoms with E-state index in [0.717, 1.165) is 30.7 Å². The number of benzene rings is 1. The highest BCUT2D eigenvalue weighted by Crippen LogP contribution is 2.07. The summed E-state index contributed by atoms with van der Waals surface area (Å²) in [6.07, 6.45) is 3.22. The van der Waals surface area contributed by atoms with Gasteiger partial charge in [0.2, 0.25) is 0 Å². The predicted molar refractivity (Wildman–Crippen MR) is 59.6 cm³/mol. The van der Waals surface area contributed by atoms with Crippen LogP contribution in [0.15, 0.2) is 30.3 Å². The first-order chi connectivity index (χ1) is 7.36. The van der Waals surface area contributed by atoms with Crippen molar-refractivity contribution in [1.82, 2.24) is 15.4 Å². The van der Waals surface area contributed by atoms with E-state index in [2.05, 4.69) is 39.7 Å². The summed E-state index contributed by atoms with van der Waals surface area (Å²) in [7, 11) is 0. The van der Waals surface area contributed by atoms with Crippen molar-refractivity contribution < 1.29 is 0 Å². The van der Waals surface area contributed by atoms with Crippen LogP contribution in [0.4, 0.5) is 0 Å². The molecule has 78 valence electrons. The van der Waals surface area contributed by atoms with Gasteiger partial charge in [-0.15, -0.1) is 5.10 Å². The molecule has 0 atom stereocenters. The Kier molecular flexibility index (Phi) is 3.12. The number of rotatable bonds is 4. The molecule has 1 aromatic heterocycles. The van der Waals surface area contributed by atoms with Crippen molar-refractivity contribution in [2.24, 2.45) is 0 Å². The molecule has 15 heavy (non-hydrogen) atoms. The molecule has 0 saturated carbocycles. The topological polar surface area (TPSA) is 41.6 Å². The second kappa shape index (κ2) is 4.73. The molecule has 3 nitrogen and oxygen atoms in total. The van der Waals surface area contributed by atoms with E-state index in [4.69, 9.17) is 0 Å². The molecule has 1 aromatic carbocycles. The lowest BCUT2D eigenvalue weighted by atomic mass is 10.1. The minimum absolute atomic E-state index is 0.997. The second-order valence-electron chi connectivity index (χ2n) is 3.72. The third kappa shape index (κ3) is 2.65. The lowest BCUT2D eigenvalue weighted by Gasteiger charge is -1.99. The molecule has 0 amide bonds. The molecule has 3 heteroatoms. The van der Waals surface area contributed by atoms with Crippen molar-refractivity contribution in [3.8, 4) is 0 Å². The van der Waals surface area contributed by atoms with Gasteiger partial charge in [-0.25, -0.2) is 0 Å². The summed E-state index contributed by atoms with van der Waals surface area (Å²) in [5.41, 5.74) is 3.56. The van der Waals surface area contributed by atoms with Crippen LogP contribution in [0, 0.1) is 6.92 Å². The number of hydrogen-bond donors (Lipinski definition) is 1.